The molecule has 5 nitrogen and oxygen atoms in total. The summed E-state index contributed by atoms with van der Waals surface area (Å²) in [6.07, 6.45) is 1.82. The molecule has 1 N–H and O–H groups in total. The Morgan fingerprint density at radius 2 is 2.23 bits per heavy atom. The Morgan fingerprint density at radius 1 is 1.46 bits per heavy atom. The van der Waals surface area contributed by atoms with Gasteiger partial charge in [0, 0.05) is 12.3 Å². The number of thioether (sulfide) groups is 1. The maximum absolute atomic E-state index is 12.1. The Labute approximate surface area is 166 Å². The van der Waals surface area contributed by atoms with E-state index in [1.165, 1.54) is 0 Å². The van der Waals surface area contributed by atoms with Gasteiger partial charge in [-0.05, 0) is 18.1 Å². The number of amides is 1. The average molecular weight is 413 g/mol. The van der Waals surface area contributed by atoms with Gasteiger partial charge in [-0.15, -0.1) is 0 Å². The molecule has 0 aromatic heterocycles. The third-order valence-electron chi connectivity index (χ3n) is 3.81. The molecule has 0 radical (unpaired) electrons. The molecule has 1 aromatic rings. The fourth-order valence-electron chi connectivity index (χ4n) is 2.49. The van der Waals surface area contributed by atoms with E-state index in [1.54, 1.807) is 18.2 Å². The molecule has 0 aliphatic carbocycles. The van der Waals surface area contributed by atoms with E-state index in [4.69, 9.17) is 27.9 Å². The van der Waals surface area contributed by atoms with Crippen LogP contribution in [0.25, 0.3) is 0 Å². The summed E-state index contributed by atoms with van der Waals surface area (Å²) < 4.78 is 5.10. The number of nitrogens with one attached hydrogen (secondary N) is 1. The van der Waals surface area contributed by atoms with E-state index < -0.39 is 5.92 Å². The van der Waals surface area contributed by atoms with Crippen molar-refractivity contribution in [2.45, 2.75) is 32.1 Å². The number of esters is 1. The molecule has 0 saturated carbocycles. The molecule has 1 aliphatic heterocycles. The van der Waals surface area contributed by atoms with Crippen molar-refractivity contribution in [3.8, 4) is 6.07 Å². The van der Waals surface area contributed by atoms with Crippen molar-refractivity contribution in [1.82, 2.24) is 5.32 Å². The standard InChI is InChI=1S/C18H18Cl2N2O3S/c1-2-3-7-25-16(24)10-26-18-13(9-21)12(8-15(23)22-18)11-5-4-6-14(19)17(11)20/h4-6,12H,2-3,7-8,10H2,1H3,(H,22,23). The number of allylic oxidation sites excluding steroid dienone is 1. The zero-order valence-electron chi connectivity index (χ0n) is 14.2. The fourth-order valence-corrected chi connectivity index (χ4v) is 3.81. The minimum Gasteiger partial charge on any atom is -0.465 e. The van der Waals surface area contributed by atoms with Gasteiger partial charge in [0.15, 0.2) is 0 Å². The maximum Gasteiger partial charge on any atom is 0.316 e. The Kier molecular flexibility index (Phi) is 7.83. The Bertz CT molecular complexity index is 774. The minimum atomic E-state index is -0.501. The van der Waals surface area contributed by atoms with Crippen LogP contribution in [0.4, 0.5) is 0 Å². The highest BCUT2D eigenvalue weighted by Gasteiger charge is 2.31. The summed E-state index contributed by atoms with van der Waals surface area (Å²) in [6, 6.07) is 7.25. The van der Waals surface area contributed by atoms with Crippen molar-refractivity contribution in [2.75, 3.05) is 12.4 Å². The van der Waals surface area contributed by atoms with Crippen molar-refractivity contribution in [2.24, 2.45) is 0 Å². The van der Waals surface area contributed by atoms with Crippen molar-refractivity contribution in [3.63, 3.8) is 0 Å². The van der Waals surface area contributed by atoms with E-state index in [2.05, 4.69) is 11.4 Å². The lowest BCUT2D eigenvalue weighted by atomic mass is 9.87. The fraction of sp³-hybridized carbons (Fsp3) is 0.389. The van der Waals surface area contributed by atoms with Gasteiger partial charge >= 0.3 is 5.97 Å². The topological polar surface area (TPSA) is 79.2 Å². The number of nitrogens with zero attached hydrogens (tertiary/aromatic N) is 1. The van der Waals surface area contributed by atoms with Gasteiger partial charge < -0.3 is 10.1 Å². The van der Waals surface area contributed by atoms with E-state index in [0.29, 0.717) is 32.8 Å². The monoisotopic (exact) mass is 412 g/mol. The molecule has 1 amide bonds. The Hall–Kier alpha value is -1.68. The second kappa shape index (κ2) is 9.86. The predicted octanol–water partition coefficient (Wildman–Crippen LogP) is 4.41. The first-order chi connectivity index (χ1) is 12.5. The first-order valence-corrected chi connectivity index (χ1v) is 9.88. The van der Waals surface area contributed by atoms with Crippen LogP contribution in [0, 0.1) is 11.3 Å². The van der Waals surface area contributed by atoms with E-state index in [-0.39, 0.29) is 24.1 Å². The van der Waals surface area contributed by atoms with E-state index in [9.17, 15) is 14.9 Å². The molecular formula is C18H18Cl2N2O3S. The van der Waals surface area contributed by atoms with Crippen LogP contribution in [0.3, 0.4) is 0 Å². The molecule has 1 heterocycles. The molecule has 1 aromatic carbocycles. The number of halogens is 2. The van der Waals surface area contributed by atoms with Crippen LogP contribution < -0.4 is 5.32 Å². The molecule has 0 fully saturated rings. The summed E-state index contributed by atoms with van der Waals surface area (Å²) in [4.78, 5) is 23.9. The molecule has 0 spiro atoms. The van der Waals surface area contributed by atoms with Crippen LogP contribution in [0.2, 0.25) is 10.0 Å². The average Bonchev–Trinajstić information content (AvgIpc) is 2.62. The van der Waals surface area contributed by atoms with E-state index >= 15 is 0 Å². The zero-order chi connectivity index (χ0) is 19.1. The first kappa shape index (κ1) is 20.6. The number of carbonyl (C=O) groups is 2. The van der Waals surface area contributed by atoms with Crippen LogP contribution in [-0.4, -0.2) is 24.2 Å². The third kappa shape index (κ3) is 5.16. The van der Waals surface area contributed by atoms with E-state index in [0.717, 1.165) is 24.6 Å². The molecule has 138 valence electrons. The van der Waals surface area contributed by atoms with Gasteiger partial charge in [-0.2, -0.15) is 5.26 Å². The first-order valence-electron chi connectivity index (χ1n) is 8.14. The van der Waals surface area contributed by atoms with Crippen molar-refractivity contribution >= 4 is 46.8 Å². The van der Waals surface area contributed by atoms with Crippen LogP contribution in [0.5, 0.6) is 0 Å². The lowest BCUT2D eigenvalue weighted by Crippen LogP contribution is -2.31. The second-order valence-electron chi connectivity index (χ2n) is 5.67. The summed E-state index contributed by atoms with van der Waals surface area (Å²) >= 11 is 13.4. The number of carbonyl (C=O) groups excluding carboxylic acids is 2. The van der Waals surface area contributed by atoms with Crippen LogP contribution in [0.15, 0.2) is 28.8 Å². The number of unbranched alkanes of at least 4 members (excludes halogenated alkanes) is 1. The lowest BCUT2D eigenvalue weighted by molar-refractivity contribution is -0.140. The minimum absolute atomic E-state index is 0.0144. The molecule has 2 rings (SSSR count). The molecule has 0 bridgehead atoms. The molecule has 8 heteroatoms. The highest BCUT2D eigenvalue weighted by molar-refractivity contribution is 8.03. The van der Waals surface area contributed by atoms with Crippen molar-refractivity contribution in [1.29, 1.82) is 5.26 Å². The highest BCUT2D eigenvalue weighted by Crippen LogP contribution is 2.40. The summed E-state index contributed by atoms with van der Waals surface area (Å²) in [5.41, 5.74) is 0.981. The van der Waals surface area contributed by atoms with Gasteiger partial charge in [0.25, 0.3) is 0 Å². The van der Waals surface area contributed by atoms with Gasteiger partial charge in [-0.3, -0.25) is 9.59 Å². The maximum atomic E-state index is 12.1. The molecule has 26 heavy (non-hydrogen) atoms. The molecule has 0 saturated heterocycles. The highest BCUT2D eigenvalue weighted by atomic mass is 35.5. The van der Waals surface area contributed by atoms with Crippen LogP contribution in [-0.2, 0) is 14.3 Å². The largest absolute Gasteiger partial charge is 0.465 e. The summed E-state index contributed by atoms with van der Waals surface area (Å²) in [7, 11) is 0. The molecule has 1 atom stereocenters. The number of rotatable bonds is 7. The van der Waals surface area contributed by atoms with Crippen molar-refractivity contribution in [3.05, 3.63) is 44.4 Å². The summed E-state index contributed by atoms with van der Waals surface area (Å²) in [5.74, 6) is -1.11. The number of nitriles is 1. The van der Waals surface area contributed by atoms with Gasteiger partial charge in [0.1, 0.15) is 0 Å². The van der Waals surface area contributed by atoms with Gasteiger partial charge in [-0.25, -0.2) is 0 Å². The van der Waals surface area contributed by atoms with Gasteiger partial charge in [0.2, 0.25) is 5.91 Å². The second-order valence-corrected chi connectivity index (χ2v) is 7.44. The van der Waals surface area contributed by atoms with Gasteiger partial charge in [-0.1, -0.05) is 60.4 Å². The summed E-state index contributed by atoms with van der Waals surface area (Å²) in [6.45, 7) is 2.37. The number of benzene rings is 1. The Morgan fingerprint density at radius 3 is 2.92 bits per heavy atom. The third-order valence-corrected chi connectivity index (χ3v) is 5.63. The van der Waals surface area contributed by atoms with Crippen LogP contribution >= 0.6 is 35.0 Å². The number of hydrogen-bond acceptors (Lipinski definition) is 5. The number of ether oxygens (including phenoxy) is 1. The normalized spacial score (nSPS) is 16.8. The van der Waals surface area contributed by atoms with Crippen LogP contribution in [0.1, 0.15) is 37.7 Å². The SMILES string of the molecule is CCCCOC(=O)CSC1=C(C#N)C(c2cccc(Cl)c2Cl)CC(=O)N1. The summed E-state index contributed by atoms with van der Waals surface area (Å²) in [5, 5.41) is 13.3. The molecular weight excluding hydrogens is 395 g/mol. The van der Waals surface area contributed by atoms with E-state index in [1.807, 2.05) is 6.92 Å². The van der Waals surface area contributed by atoms with Gasteiger partial charge in [0.05, 0.1) is 39.1 Å². The predicted molar refractivity (Wildman–Crippen MR) is 103 cm³/mol. The van der Waals surface area contributed by atoms with Crippen molar-refractivity contribution < 1.29 is 14.3 Å². The smallest absolute Gasteiger partial charge is 0.316 e. The number of hydrogen-bond donors (Lipinski definition) is 1. The lowest BCUT2D eigenvalue weighted by Gasteiger charge is -2.25. The zero-order valence-corrected chi connectivity index (χ0v) is 16.5. The molecule has 1 aliphatic rings. The molecule has 1 unspecified atom stereocenters. The Balaban J connectivity index is 2.21. The quantitative estimate of drug-likeness (QED) is 0.529.